The van der Waals surface area contributed by atoms with Crippen LogP contribution in [0.25, 0.3) is 44.4 Å². The highest BCUT2D eigenvalue weighted by Gasteiger charge is 2.27. The third-order valence-corrected chi connectivity index (χ3v) is 6.80. The predicted molar refractivity (Wildman–Crippen MR) is 148 cm³/mol. The molecule has 194 valence electrons. The second kappa shape index (κ2) is 9.52. The minimum absolute atomic E-state index is 0.220. The number of benzene rings is 3. The zero-order valence-corrected chi connectivity index (χ0v) is 21.6. The molecule has 1 unspecified atom stereocenters. The van der Waals surface area contributed by atoms with Crippen molar-refractivity contribution >= 4 is 39.4 Å². The van der Waals surface area contributed by atoms with Crippen molar-refractivity contribution in [1.29, 1.82) is 0 Å². The number of rotatable bonds is 5. The number of para-hydroxylation sites is 1. The van der Waals surface area contributed by atoms with Crippen LogP contribution in [-0.4, -0.2) is 26.9 Å². The van der Waals surface area contributed by atoms with E-state index in [1.165, 1.54) is 18.5 Å². The largest absolute Gasteiger partial charge is 0.497 e. The molecule has 3 heterocycles. The summed E-state index contributed by atoms with van der Waals surface area (Å²) in [5.74, 6) is 0.581. The van der Waals surface area contributed by atoms with Gasteiger partial charge in [-0.05, 0) is 55.0 Å². The molecule has 0 saturated carbocycles. The lowest BCUT2D eigenvalue weighted by Crippen LogP contribution is -2.16. The molecule has 6 aromatic rings. The standard InChI is InChI=1S/C29H21ClFN5O3/c1-15(27-23(16-6-5-7-19(31)11-16)26(37)21-8-3-4-9-22(21)39-27)36-29-24(28(32)33-14-34-29)25(35-36)17-10-18(30)13-20(12-17)38-2/h3-15H,1-2H3,(H2,32,33,34). The lowest BCUT2D eigenvalue weighted by atomic mass is 9.99. The quantitative estimate of drug-likeness (QED) is 0.274. The Kier molecular flexibility index (Phi) is 6.00. The van der Waals surface area contributed by atoms with E-state index in [0.29, 0.717) is 55.4 Å². The second-order valence-corrected chi connectivity index (χ2v) is 9.42. The molecule has 3 aromatic carbocycles. The third kappa shape index (κ3) is 4.17. The molecule has 0 aliphatic rings. The number of halogens is 2. The summed E-state index contributed by atoms with van der Waals surface area (Å²) in [5, 5.41) is 6.20. The first-order chi connectivity index (χ1) is 18.9. The van der Waals surface area contributed by atoms with Crippen LogP contribution in [-0.2, 0) is 0 Å². The predicted octanol–water partition coefficient (Wildman–Crippen LogP) is 6.26. The summed E-state index contributed by atoms with van der Waals surface area (Å²) in [6.45, 7) is 1.82. The molecule has 0 fully saturated rings. The van der Waals surface area contributed by atoms with Crippen LogP contribution in [0.15, 0.2) is 82.3 Å². The molecule has 10 heteroatoms. The van der Waals surface area contributed by atoms with Crippen LogP contribution in [0.3, 0.4) is 0 Å². The summed E-state index contributed by atoms with van der Waals surface area (Å²) in [7, 11) is 1.54. The van der Waals surface area contributed by atoms with E-state index < -0.39 is 11.9 Å². The smallest absolute Gasteiger partial charge is 0.200 e. The van der Waals surface area contributed by atoms with E-state index in [1.54, 1.807) is 66.4 Å². The van der Waals surface area contributed by atoms with Gasteiger partial charge in [0.1, 0.15) is 46.8 Å². The molecule has 6 rings (SSSR count). The van der Waals surface area contributed by atoms with Crippen molar-refractivity contribution in [2.75, 3.05) is 12.8 Å². The Hall–Kier alpha value is -4.76. The van der Waals surface area contributed by atoms with Gasteiger partial charge in [-0.25, -0.2) is 19.0 Å². The average molecular weight is 542 g/mol. The fourth-order valence-corrected chi connectivity index (χ4v) is 4.99. The van der Waals surface area contributed by atoms with Crippen molar-refractivity contribution in [1.82, 2.24) is 19.7 Å². The van der Waals surface area contributed by atoms with Gasteiger partial charge in [0.05, 0.1) is 23.4 Å². The van der Waals surface area contributed by atoms with E-state index in [0.717, 1.165) is 0 Å². The van der Waals surface area contributed by atoms with Gasteiger partial charge >= 0.3 is 0 Å². The molecule has 0 amide bonds. The number of methoxy groups -OCH3 is 1. The Labute approximate surface area is 226 Å². The maximum Gasteiger partial charge on any atom is 0.200 e. The van der Waals surface area contributed by atoms with Gasteiger partial charge in [0, 0.05) is 10.6 Å². The number of nitrogens with zero attached hydrogens (tertiary/aromatic N) is 4. The van der Waals surface area contributed by atoms with Gasteiger partial charge in [-0.2, -0.15) is 5.10 Å². The Morgan fingerprint density at radius 2 is 1.87 bits per heavy atom. The maximum atomic E-state index is 14.3. The number of anilines is 1. The molecule has 0 radical (unpaired) electrons. The van der Waals surface area contributed by atoms with Gasteiger partial charge in [0.15, 0.2) is 5.65 Å². The van der Waals surface area contributed by atoms with E-state index in [1.807, 2.05) is 6.92 Å². The summed E-state index contributed by atoms with van der Waals surface area (Å²) in [4.78, 5) is 22.4. The van der Waals surface area contributed by atoms with E-state index in [9.17, 15) is 9.18 Å². The van der Waals surface area contributed by atoms with Gasteiger partial charge in [-0.3, -0.25) is 4.79 Å². The number of nitrogens with two attached hydrogens (primary N) is 1. The van der Waals surface area contributed by atoms with E-state index in [2.05, 4.69) is 9.97 Å². The SMILES string of the molecule is COc1cc(Cl)cc(-c2nn(C(C)c3oc4ccccc4c(=O)c3-c3cccc(F)c3)c3ncnc(N)c23)c1. The fraction of sp³-hybridized carbons (Fsp3) is 0.103. The minimum atomic E-state index is -0.660. The second-order valence-electron chi connectivity index (χ2n) is 8.98. The lowest BCUT2D eigenvalue weighted by Gasteiger charge is -2.17. The Balaban J connectivity index is 1.64. The molecule has 39 heavy (non-hydrogen) atoms. The Morgan fingerprint density at radius 1 is 1.05 bits per heavy atom. The van der Waals surface area contributed by atoms with Gasteiger partial charge in [0.2, 0.25) is 5.43 Å². The number of ether oxygens (including phenoxy) is 1. The highest BCUT2D eigenvalue weighted by molar-refractivity contribution is 6.31. The van der Waals surface area contributed by atoms with Crippen molar-refractivity contribution in [2.45, 2.75) is 13.0 Å². The molecule has 3 aromatic heterocycles. The first-order valence-electron chi connectivity index (χ1n) is 12.0. The average Bonchev–Trinajstić information content (AvgIpc) is 3.33. The summed E-state index contributed by atoms with van der Waals surface area (Å²) in [6, 6.07) is 17.3. The van der Waals surface area contributed by atoms with Gasteiger partial charge in [-0.1, -0.05) is 35.9 Å². The van der Waals surface area contributed by atoms with E-state index >= 15 is 0 Å². The zero-order chi connectivity index (χ0) is 27.3. The van der Waals surface area contributed by atoms with Crippen molar-refractivity contribution in [3.05, 3.63) is 99.9 Å². The van der Waals surface area contributed by atoms with Crippen molar-refractivity contribution in [3.8, 4) is 28.1 Å². The highest BCUT2D eigenvalue weighted by atomic mass is 35.5. The number of nitrogen functional groups attached to an aromatic ring is 1. The van der Waals surface area contributed by atoms with E-state index in [4.69, 9.17) is 31.6 Å². The first-order valence-corrected chi connectivity index (χ1v) is 12.4. The monoisotopic (exact) mass is 541 g/mol. The highest BCUT2D eigenvalue weighted by Crippen LogP contribution is 2.38. The van der Waals surface area contributed by atoms with Crippen LogP contribution in [0, 0.1) is 5.82 Å². The first kappa shape index (κ1) is 24.6. The van der Waals surface area contributed by atoms with Gasteiger partial charge < -0.3 is 14.9 Å². The summed E-state index contributed by atoms with van der Waals surface area (Å²) in [6.07, 6.45) is 1.34. The number of hydrogen-bond donors (Lipinski definition) is 1. The summed E-state index contributed by atoms with van der Waals surface area (Å²) in [5.41, 5.74) is 8.59. The lowest BCUT2D eigenvalue weighted by molar-refractivity contribution is 0.415. The summed E-state index contributed by atoms with van der Waals surface area (Å²) < 4.78 is 27.6. The van der Waals surface area contributed by atoms with Gasteiger partial charge in [-0.15, -0.1) is 0 Å². The van der Waals surface area contributed by atoms with Crippen molar-refractivity contribution in [3.63, 3.8) is 0 Å². The van der Waals surface area contributed by atoms with Crippen LogP contribution in [0.1, 0.15) is 18.7 Å². The van der Waals surface area contributed by atoms with Crippen molar-refractivity contribution in [2.24, 2.45) is 0 Å². The molecule has 2 N–H and O–H groups in total. The van der Waals surface area contributed by atoms with Crippen LogP contribution in [0.5, 0.6) is 5.75 Å². The molecular formula is C29H21ClFN5O3. The third-order valence-electron chi connectivity index (χ3n) is 6.58. The molecule has 8 nitrogen and oxygen atoms in total. The number of fused-ring (bicyclic) bond motifs is 2. The zero-order valence-electron chi connectivity index (χ0n) is 20.9. The van der Waals surface area contributed by atoms with Gasteiger partial charge in [0.25, 0.3) is 0 Å². The Morgan fingerprint density at radius 3 is 2.67 bits per heavy atom. The minimum Gasteiger partial charge on any atom is -0.497 e. The number of aromatic nitrogens is 4. The molecule has 0 aliphatic carbocycles. The molecule has 0 bridgehead atoms. The fourth-order valence-electron chi connectivity index (χ4n) is 4.77. The van der Waals surface area contributed by atoms with Crippen LogP contribution in [0.4, 0.5) is 10.2 Å². The topological polar surface area (TPSA) is 109 Å². The number of hydrogen-bond acceptors (Lipinski definition) is 7. The molecule has 1 atom stereocenters. The van der Waals surface area contributed by atoms with Crippen LogP contribution in [0.2, 0.25) is 5.02 Å². The maximum absolute atomic E-state index is 14.3. The van der Waals surface area contributed by atoms with Crippen molar-refractivity contribution < 1.29 is 13.5 Å². The molecule has 0 aliphatic heterocycles. The van der Waals surface area contributed by atoms with Crippen LogP contribution >= 0.6 is 11.6 Å². The molecule has 0 saturated heterocycles. The van der Waals surface area contributed by atoms with E-state index in [-0.39, 0.29) is 16.8 Å². The normalized spacial score (nSPS) is 12.2. The Bertz CT molecular complexity index is 1950. The molecule has 0 spiro atoms. The molecular weight excluding hydrogens is 521 g/mol. The summed E-state index contributed by atoms with van der Waals surface area (Å²) >= 11 is 6.35. The van der Waals surface area contributed by atoms with Crippen LogP contribution < -0.4 is 15.9 Å².